The first-order valence-corrected chi connectivity index (χ1v) is 5.16. The van der Waals surface area contributed by atoms with Gasteiger partial charge in [-0.25, -0.2) is 0 Å². The molecule has 0 amide bonds. The molecule has 0 aliphatic rings. The normalized spacial score (nSPS) is 14.8. The molecule has 0 aromatic rings. The third-order valence-electron chi connectivity index (χ3n) is 2.37. The van der Waals surface area contributed by atoms with Crippen molar-refractivity contribution in [2.75, 3.05) is 0 Å². The van der Waals surface area contributed by atoms with Gasteiger partial charge in [0.25, 0.3) is 0 Å². The molecule has 0 bridgehead atoms. The molecule has 0 aromatic carbocycles. The van der Waals surface area contributed by atoms with Crippen LogP contribution in [0.5, 0.6) is 0 Å². The zero-order chi connectivity index (χ0) is 10.1. The van der Waals surface area contributed by atoms with Crippen LogP contribution in [0.2, 0.25) is 0 Å². The highest BCUT2D eigenvalue weighted by Crippen LogP contribution is 2.17. The SMILES string of the molecule is C=CC=CCC(=CC)CC(C)CC. The van der Waals surface area contributed by atoms with E-state index in [0.29, 0.717) is 0 Å². The van der Waals surface area contributed by atoms with E-state index in [1.165, 1.54) is 18.4 Å². The Bertz CT molecular complexity index is 184. The van der Waals surface area contributed by atoms with E-state index in [-0.39, 0.29) is 0 Å². The van der Waals surface area contributed by atoms with Crippen LogP contribution < -0.4 is 0 Å². The van der Waals surface area contributed by atoms with Gasteiger partial charge in [0.1, 0.15) is 0 Å². The van der Waals surface area contributed by atoms with E-state index in [0.717, 1.165) is 12.3 Å². The minimum atomic E-state index is 0.809. The predicted molar refractivity (Wildman–Crippen MR) is 61.8 cm³/mol. The molecule has 0 N–H and O–H groups in total. The second-order valence-corrected chi connectivity index (χ2v) is 3.53. The summed E-state index contributed by atoms with van der Waals surface area (Å²) in [4.78, 5) is 0. The summed E-state index contributed by atoms with van der Waals surface area (Å²) in [6, 6.07) is 0. The van der Waals surface area contributed by atoms with Crippen LogP contribution in [0.3, 0.4) is 0 Å². The molecule has 0 saturated carbocycles. The third kappa shape index (κ3) is 6.39. The van der Waals surface area contributed by atoms with Crippen LogP contribution in [0, 0.1) is 5.92 Å². The molecule has 0 rings (SSSR count). The van der Waals surface area contributed by atoms with Crippen molar-refractivity contribution in [1.29, 1.82) is 0 Å². The van der Waals surface area contributed by atoms with Crippen LogP contribution in [0.25, 0.3) is 0 Å². The molecule has 0 saturated heterocycles. The van der Waals surface area contributed by atoms with Gasteiger partial charge in [-0.3, -0.25) is 0 Å². The quantitative estimate of drug-likeness (QED) is 0.415. The van der Waals surface area contributed by atoms with E-state index in [2.05, 4.69) is 39.5 Å². The number of hydrogen-bond donors (Lipinski definition) is 0. The lowest BCUT2D eigenvalue weighted by atomic mass is 9.96. The van der Waals surface area contributed by atoms with Crippen LogP contribution in [-0.2, 0) is 0 Å². The summed E-state index contributed by atoms with van der Waals surface area (Å²) >= 11 is 0. The standard InChI is InChI=1S/C13H22/c1-5-8-9-10-13(7-3)11-12(4)6-2/h5,7-9,12H,1,6,10-11H2,2-4H3. The first-order chi connectivity index (χ1) is 6.24. The molecule has 0 aromatic heterocycles. The van der Waals surface area contributed by atoms with E-state index >= 15 is 0 Å². The monoisotopic (exact) mass is 178 g/mol. The molecular weight excluding hydrogens is 156 g/mol. The van der Waals surface area contributed by atoms with Crippen LogP contribution in [0.15, 0.2) is 36.5 Å². The summed E-state index contributed by atoms with van der Waals surface area (Å²) in [6.45, 7) is 10.3. The predicted octanol–water partition coefficient (Wildman–Crippen LogP) is 4.50. The van der Waals surface area contributed by atoms with Gasteiger partial charge in [-0.05, 0) is 25.7 Å². The molecule has 74 valence electrons. The van der Waals surface area contributed by atoms with Gasteiger partial charge in [-0.15, -0.1) is 0 Å². The number of rotatable bonds is 6. The van der Waals surface area contributed by atoms with Gasteiger partial charge in [-0.1, -0.05) is 56.7 Å². The maximum atomic E-state index is 3.65. The van der Waals surface area contributed by atoms with E-state index < -0.39 is 0 Å². The first kappa shape index (κ1) is 12.2. The van der Waals surface area contributed by atoms with Crippen molar-refractivity contribution >= 4 is 0 Å². The fourth-order valence-corrected chi connectivity index (χ4v) is 1.23. The van der Waals surface area contributed by atoms with Crippen molar-refractivity contribution in [2.24, 2.45) is 5.92 Å². The molecule has 1 atom stereocenters. The van der Waals surface area contributed by atoms with Crippen LogP contribution in [0.1, 0.15) is 40.0 Å². The fraction of sp³-hybridized carbons (Fsp3) is 0.538. The Morgan fingerprint density at radius 3 is 2.62 bits per heavy atom. The van der Waals surface area contributed by atoms with Crippen molar-refractivity contribution in [3.63, 3.8) is 0 Å². The summed E-state index contributed by atoms with van der Waals surface area (Å²) in [5, 5.41) is 0. The topological polar surface area (TPSA) is 0 Å². The van der Waals surface area contributed by atoms with Gasteiger partial charge in [-0.2, -0.15) is 0 Å². The molecule has 13 heavy (non-hydrogen) atoms. The van der Waals surface area contributed by atoms with Gasteiger partial charge < -0.3 is 0 Å². The lowest BCUT2D eigenvalue weighted by Crippen LogP contribution is -1.94. The molecule has 0 aliphatic heterocycles. The minimum absolute atomic E-state index is 0.809. The summed E-state index contributed by atoms with van der Waals surface area (Å²) in [5.41, 5.74) is 1.53. The number of hydrogen-bond acceptors (Lipinski definition) is 0. The second kappa shape index (κ2) is 7.85. The molecule has 0 fully saturated rings. The maximum absolute atomic E-state index is 3.65. The van der Waals surface area contributed by atoms with Crippen molar-refractivity contribution in [3.8, 4) is 0 Å². The molecular formula is C13H22. The van der Waals surface area contributed by atoms with Crippen LogP contribution in [-0.4, -0.2) is 0 Å². The lowest BCUT2D eigenvalue weighted by molar-refractivity contribution is 0.552. The van der Waals surface area contributed by atoms with E-state index in [1.807, 2.05) is 12.2 Å². The molecule has 0 spiro atoms. The summed E-state index contributed by atoms with van der Waals surface area (Å²) in [7, 11) is 0. The van der Waals surface area contributed by atoms with Crippen molar-refractivity contribution in [1.82, 2.24) is 0 Å². The highest BCUT2D eigenvalue weighted by molar-refractivity contribution is 5.09. The molecule has 0 aliphatic carbocycles. The molecule has 1 unspecified atom stereocenters. The fourth-order valence-electron chi connectivity index (χ4n) is 1.23. The van der Waals surface area contributed by atoms with Crippen molar-refractivity contribution in [2.45, 2.75) is 40.0 Å². The Labute approximate surface area is 83.0 Å². The van der Waals surface area contributed by atoms with Crippen LogP contribution >= 0.6 is 0 Å². The zero-order valence-corrected chi connectivity index (χ0v) is 9.22. The lowest BCUT2D eigenvalue weighted by Gasteiger charge is -2.09. The molecule has 0 heteroatoms. The van der Waals surface area contributed by atoms with Gasteiger partial charge in [0.2, 0.25) is 0 Å². The largest absolute Gasteiger partial charge is 0.0991 e. The summed E-state index contributed by atoms with van der Waals surface area (Å²) in [6.07, 6.45) is 11.8. The smallest absolute Gasteiger partial charge is 0.0136 e. The van der Waals surface area contributed by atoms with E-state index in [1.54, 1.807) is 0 Å². The molecule has 0 nitrogen and oxygen atoms in total. The third-order valence-corrected chi connectivity index (χ3v) is 2.37. The van der Waals surface area contributed by atoms with E-state index in [4.69, 9.17) is 0 Å². The van der Waals surface area contributed by atoms with Crippen molar-refractivity contribution < 1.29 is 0 Å². The molecule has 0 heterocycles. The zero-order valence-electron chi connectivity index (χ0n) is 9.22. The van der Waals surface area contributed by atoms with Gasteiger partial charge >= 0.3 is 0 Å². The van der Waals surface area contributed by atoms with Crippen LogP contribution in [0.4, 0.5) is 0 Å². The first-order valence-electron chi connectivity index (χ1n) is 5.16. The Morgan fingerprint density at radius 1 is 1.46 bits per heavy atom. The second-order valence-electron chi connectivity index (χ2n) is 3.53. The Balaban J connectivity index is 3.91. The van der Waals surface area contributed by atoms with Gasteiger partial charge in [0.15, 0.2) is 0 Å². The van der Waals surface area contributed by atoms with Gasteiger partial charge in [0.05, 0.1) is 0 Å². The van der Waals surface area contributed by atoms with E-state index in [9.17, 15) is 0 Å². The Hall–Kier alpha value is -0.780. The summed E-state index contributed by atoms with van der Waals surface area (Å²) in [5.74, 6) is 0.809. The minimum Gasteiger partial charge on any atom is -0.0991 e. The highest BCUT2D eigenvalue weighted by Gasteiger charge is 2.01. The maximum Gasteiger partial charge on any atom is -0.0136 e. The Morgan fingerprint density at radius 2 is 2.15 bits per heavy atom. The average Bonchev–Trinajstić information content (AvgIpc) is 2.16. The highest BCUT2D eigenvalue weighted by atomic mass is 14.1. The summed E-state index contributed by atoms with van der Waals surface area (Å²) < 4.78 is 0. The average molecular weight is 178 g/mol. The Kier molecular flexibility index (Phi) is 7.38. The van der Waals surface area contributed by atoms with Crippen molar-refractivity contribution in [3.05, 3.63) is 36.5 Å². The van der Waals surface area contributed by atoms with Gasteiger partial charge in [0, 0.05) is 0 Å². The molecule has 0 radical (unpaired) electrons. The number of allylic oxidation sites excluding steroid dienone is 5.